The van der Waals surface area contributed by atoms with Gasteiger partial charge in [0.05, 0.1) is 12.1 Å². The van der Waals surface area contributed by atoms with Crippen LogP contribution in [0.3, 0.4) is 0 Å². The van der Waals surface area contributed by atoms with Gasteiger partial charge in [0.1, 0.15) is 0 Å². The summed E-state index contributed by atoms with van der Waals surface area (Å²) in [6.07, 6.45) is 6.15. The van der Waals surface area contributed by atoms with Crippen LogP contribution < -0.4 is 5.73 Å². The third kappa shape index (κ3) is 3.33. The Bertz CT molecular complexity index is 179. The second kappa shape index (κ2) is 5.21. The van der Waals surface area contributed by atoms with Gasteiger partial charge >= 0.3 is 0 Å². The molecule has 1 aliphatic rings. The largest absolute Gasteiger partial charge is 0.316 e. The molecule has 3 heteroatoms. The Hall–Kier alpha value is -0.590. The number of rotatable bonds is 4. The molecule has 0 aromatic rings. The Balaban J connectivity index is 2.17. The second-order valence-electron chi connectivity index (χ2n) is 3.94. The summed E-state index contributed by atoms with van der Waals surface area (Å²) >= 11 is 0. The van der Waals surface area contributed by atoms with Crippen molar-refractivity contribution in [3.8, 4) is 6.07 Å². The molecule has 1 atom stereocenters. The van der Waals surface area contributed by atoms with Gasteiger partial charge in [-0.25, -0.2) is 0 Å². The number of hydrogen-bond donors (Lipinski definition) is 1. The smallest absolute Gasteiger partial charge is 0.0940 e. The molecule has 74 valence electrons. The van der Waals surface area contributed by atoms with Gasteiger partial charge in [-0.1, -0.05) is 12.8 Å². The third-order valence-corrected chi connectivity index (χ3v) is 2.91. The molecule has 0 aromatic carbocycles. The molecule has 0 aromatic heterocycles. The number of hydrogen-bond acceptors (Lipinski definition) is 3. The van der Waals surface area contributed by atoms with Crippen LogP contribution >= 0.6 is 0 Å². The highest BCUT2D eigenvalue weighted by Gasteiger charge is 2.19. The monoisotopic (exact) mass is 181 g/mol. The highest BCUT2D eigenvalue weighted by atomic mass is 15.1. The molecule has 0 saturated heterocycles. The van der Waals surface area contributed by atoms with E-state index in [1.807, 2.05) is 0 Å². The van der Waals surface area contributed by atoms with Gasteiger partial charge in [-0.15, -0.1) is 0 Å². The standard InChI is InChI=1S/C10H19N3/c1-13(7-6-9(12)8-11)10-4-2-3-5-10/h9-10H,2-7,12H2,1H3. The zero-order chi connectivity index (χ0) is 9.68. The Morgan fingerprint density at radius 2 is 2.15 bits per heavy atom. The predicted octanol–water partition coefficient (Wildman–Crippen LogP) is 1.10. The molecule has 3 nitrogen and oxygen atoms in total. The van der Waals surface area contributed by atoms with E-state index in [0.717, 1.165) is 19.0 Å². The van der Waals surface area contributed by atoms with E-state index in [1.165, 1.54) is 25.7 Å². The van der Waals surface area contributed by atoms with Gasteiger partial charge in [0.25, 0.3) is 0 Å². The molecule has 0 heterocycles. The molecular formula is C10H19N3. The summed E-state index contributed by atoms with van der Waals surface area (Å²) in [4.78, 5) is 2.35. The summed E-state index contributed by atoms with van der Waals surface area (Å²) in [6.45, 7) is 0.958. The van der Waals surface area contributed by atoms with Gasteiger partial charge in [0, 0.05) is 12.6 Å². The maximum atomic E-state index is 8.52. The number of nitriles is 1. The van der Waals surface area contributed by atoms with E-state index < -0.39 is 0 Å². The lowest BCUT2D eigenvalue weighted by Gasteiger charge is -2.24. The van der Waals surface area contributed by atoms with Crippen LogP contribution in [0.15, 0.2) is 0 Å². The third-order valence-electron chi connectivity index (χ3n) is 2.91. The molecule has 0 bridgehead atoms. The lowest BCUT2D eigenvalue weighted by atomic mass is 10.2. The van der Waals surface area contributed by atoms with E-state index in [-0.39, 0.29) is 6.04 Å². The van der Waals surface area contributed by atoms with Crippen molar-refractivity contribution < 1.29 is 0 Å². The van der Waals surface area contributed by atoms with Gasteiger partial charge in [-0.05, 0) is 26.3 Å². The van der Waals surface area contributed by atoms with Gasteiger partial charge < -0.3 is 10.6 Å². The Kier molecular flexibility index (Phi) is 4.20. The Morgan fingerprint density at radius 3 is 2.69 bits per heavy atom. The van der Waals surface area contributed by atoms with Crippen LogP contribution in [0.2, 0.25) is 0 Å². The lowest BCUT2D eigenvalue weighted by Crippen LogP contribution is -2.33. The molecule has 1 rings (SSSR count). The summed E-state index contributed by atoms with van der Waals surface area (Å²) in [5, 5.41) is 8.52. The number of nitrogens with two attached hydrogens (primary N) is 1. The van der Waals surface area contributed by atoms with Crippen molar-refractivity contribution in [1.82, 2.24) is 4.90 Å². The topological polar surface area (TPSA) is 53.0 Å². The fraction of sp³-hybridized carbons (Fsp3) is 0.900. The average Bonchev–Trinajstić information content (AvgIpc) is 2.66. The molecule has 2 N–H and O–H groups in total. The minimum Gasteiger partial charge on any atom is -0.316 e. The fourth-order valence-corrected chi connectivity index (χ4v) is 1.93. The summed E-state index contributed by atoms with van der Waals surface area (Å²) < 4.78 is 0. The van der Waals surface area contributed by atoms with Crippen molar-refractivity contribution >= 4 is 0 Å². The zero-order valence-corrected chi connectivity index (χ0v) is 8.37. The molecule has 1 unspecified atom stereocenters. The van der Waals surface area contributed by atoms with E-state index >= 15 is 0 Å². The van der Waals surface area contributed by atoms with Crippen molar-refractivity contribution in [3.63, 3.8) is 0 Å². The first kappa shape index (κ1) is 10.5. The molecule has 1 aliphatic carbocycles. The normalized spacial score (nSPS) is 20.5. The molecule has 13 heavy (non-hydrogen) atoms. The Labute approximate surface area is 80.5 Å². The van der Waals surface area contributed by atoms with Gasteiger partial charge in [0.15, 0.2) is 0 Å². The molecule has 0 amide bonds. The van der Waals surface area contributed by atoms with Crippen LogP contribution in [-0.4, -0.2) is 30.6 Å². The van der Waals surface area contributed by atoms with Crippen molar-refractivity contribution in [2.24, 2.45) is 5.73 Å². The van der Waals surface area contributed by atoms with Crippen molar-refractivity contribution in [1.29, 1.82) is 5.26 Å². The summed E-state index contributed by atoms with van der Waals surface area (Å²) in [6, 6.07) is 2.52. The minimum absolute atomic E-state index is 0.288. The maximum absolute atomic E-state index is 8.52. The van der Waals surface area contributed by atoms with Crippen LogP contribution in [0.4, 0.5) is 0 Å². The van der Waals surface area contributed by atoms with E-state index in [2.05, 4.69) is 18.0 Å². The first-order valence-electron chi connectivity index (χ1n) is 5.09. The molecule has 0 radical (unpaired) electrons. The van der Waals surface area contributed by atoms with E-state index in [9.17, 15) is 0 Å². The Morgan fingerprint density at radius 1 is 1.54 bits per heavy atom. The lowest BCUT2D eigenvalue weighted by molar-refractivity contribution is 0.240. The quantitative estimate of drug-likeness (QED) is 0.706. The zero-order valence-electron chi connectivity index (χ0n) is 8.37. The molecule has 1 saturated carbocycles. The highest BCUT2D eigenvalue weighted by molar-refractivity contribution is 4.87. The van der Waals surface area contributed by atoms with Crippen molar-refractivity contribution in [3.05, 3.63) is 0 Å². The van der Waals surface area contributed by atoms with Crippen molar-refractivity contribution in [2.75, 3.05) is 13.6 Å². The first-order chi connectivity index (χ1) is 6.24. The summed E-state index contributed by atoms with van der Waals surface area (Å²) in [5.41, 5.74) is 5.53. The van der Waals surface area contributed by atoms with E-state index in [1.54, 1.807) is 0 Å². The van der Waals surface area contributed by atoms with Crippen molar-refractivity contribution in [2.45, 2.75) is 44.2 Å². The number of nitrogens with zero attached hydrogens (tertiary/aromatic N) is 2. The van der Waals surface area contributed by atoms with Crippen LogP contribution in [0, 0.1) is 11.3 Å². The van der Waals surface area contributed by atoms with Crippen LogP contribution in [-0.2, 0) is 0 Å². The van der Waals surface area contributed by atoms with E-state index in [0.29, 0.717) is 0 Å². The summed E-state index contributed by atoms with van der Waals surface area (Å²) in [5.74, 6) is 0. The fourth-order valence-electron chi connectivity index (χ4n) is 1.93. The van der Waals surface area contributed by atoms with Crippen LogP contribution in [0.1, 0.15) is 32.1 Å². The SMILES string of the molecule is CN(CCC(N)C#N)C1CCCC1. The van der Waals surface area contributed by atoms with Gasteiger partial charge in [0.2, 0.25) is 0 Å². The maximum Gasteiger partial charge on any atom is 0.0940 e. The predicted molar refractivity (Wildman–Crippen MR) is 53.1 cm³/mol. The minimum atomic E-state index is -0.288. The first-order valence-corrected chi connectivity index (χ1v) is 5.09. The average molecular weight is 181 g/mol. The molecule has 0 aliphatic heterocycles. The van der Waals surface area contributed by atoms with Gasteiger partial charge in [-0.2, -0.15) is 5.26 Å². The van der Waals surface area contributed by atoms with E-state index in [4.69, 9.17) is 11.0 Å². The molecule has 1 fully saturated rings. The summed E-state index contributed by atoms with van der Waals surface area (Å²) in [7, 11) is 2.14. The molecular weight excluding hydrogens is 162 g/mol. The molecule has 0 spiro atoms. The van der Waals surface area contributed by atoms with Gasteiger partial charge in [-0.3, -0.25) is 0 Å². The van der Waals surface area contributed by atoms with Crippen LogP contribution in [0.25, 0.3) is 0 Å². The van der Waals surface area contributed by atoms with Crippen LogP contribution in [0.5, 0.6) is 0 Å². The second-order valence-corrected chi connectivity index (χ2v) is 3.94. The highest BCUT2D eigenvalue weighted by Crippen LogP contribution is 2.22.